The summed E-state index contributed by atoms with van der Waals surface area (Å²) in [6, 6.07) is 6.74. The number of rotatable bonds is 4. The Morgan fingerprint density at radius 2 is 1.46 bits per heavy atom. The summed E-state index contributed by atoms with van der Waals surface area (Å²) < 4.78 is 79.0. The highest BCUT2D eigenvalue weighted by Crippen LogP contribution is 2.37. The lowest BCUT2D eigenvalue weighted by Crippen LogP contribution is -2.43. The summed E-state index contributed by atoms with van der Waals surface area (Å²) in [6.45, 7) is 0. The SMILES string of the molecule is CN(c1cc(C(F)(F)F)nc(C(F)(F)F)c1)[C@H]1CC[C@@H](NC(=O)c2ccc3c(c2)CCCC3)CC1. The van der Waals surface area contributed by atoms with Crippen molar-refractivity contribution in [3.8, 4) is 0 Å². The van der Waals surface area contributed by atoms with Crippen molar-refractivity contribution >= 4 is 11.6 Å². The molecule has 1 aromatic carbocycles. The number of anilines is 1. The summed E-state index contributed by atoms with van der Waals surface area (Å²) >= 11 is 0. The molecule has 1 saturated carbocycles. The van der Waals surface area contributed by atoms with Gasteiger partial charge in [-0.2, -0.15) is 26.3 Å². The predicted molar refractivity (Wildman–Crippen MR) is 119 cm³/mol. The largest absolute Gasteiger partial charge is 0.433 e. The standard InChI is InChI=1S/C25H27F6N3O/c1-34(20-13-21(24(26,27)28)33-22(14-20)25(29,30)31)19-10-8-18(9-11-19)32-23(35)17-7-6-15-4-2-3-5-16(15)12-17/h6-7,12-14,18-19H,2-5,8-11H2,1H3,(H,32,35)/t18-,19+. The molecule has 0 atom stereocenters. The first-order valence-electron chi connectivity index (χ1n) is 11.7. The fourth-order valence-corrected chi connectivity index (χ4v) is 4.97. The Bertz CT molecular complexity index is 1040. The number of aromatic nitrogens is 1. The molecule has 2 aliphatic rings. The van der Waals surface area contributed by atoms with E-state index in [-0.39, 0.29) is 23.7 Å². The number of aryl methyl sites for hydroxylation is 2. The van der Waals surface area contributed by atoms with E-state index in [0.29, 0.717) is 43.4 Å². The molecule has 0 saturated heterocycles. The molecule has 1 fully saturated rings. The number of carbonyl (C=O) groups excluding carboxylic acids is 1. The highest BCUT2D eigenvalue weighted by Gasteiger charge is 2.39. The van der Waals surface area contributed by atoms with Crippen LogP contribution in [0.2, 0.25) is 0 Å². The molecule has 10 heteroatoms. The number of halogens is 6. The molecule has 2 aliphatic carbocycles. The van der Waals surface area contributed by atoms with Crippen molar-refractivity contribution in [2.24, 2.45) is 0 Å². The number of nitrogens with zero attached hydrogens (tertiary/aromatic N) is 2. The van der Waals surface area contributed by atoms with Crippen LogP contribution in [0.25, 0.3) is 0 Å². The van der Waals surface area contributed by atoms with Crippen LogP contribution in [0.4, 0.5) is 32.0 Å². The van der Waals surface area contributed by atoms with Gasteiger partial charge in [0.15, 0.2) is 0 Å². The Balaban J connectivity index is 1.40. The number of pyridine rings is 1. The van der Waals surface area contributed by atoms with Crippen molar-refractivity contribution in [1.29, 1.82) is 0 Å². The van der Waals surface area contributed by atoms with E-state index in [4.69, 9.17) is 0 Å². The molecule has 4 nitrogen and oxygen atoms in total. The number of carbonyl (C=O) groups is 1. The van der Waals surface area contributed by atoms with Gasteiger partial charge in [-0.3, -0.25) is 4.79 Å². The topological polar surface area (TPSA) is 45.2 Å². The van der Waals surface area contributed by atoms with Gasteiger partial charge in [0.05, 0.1) is 0 Å². The van der Waals surface area contributed by atoms with Gasteiger partial charge in [0, 0.05) is 30.4 Å². The van der Waals surface area contributed by atoms with Crippen LogP contribution in [0.1, 0.15) is 71.4 Å². The first-order chi connectivity index (χ1) is 16.4. The molecule has 190 valence electrons. The third kappa shape index (κ3) is 5.90. The van der Waals surface area contributed by atoms with Crippen LogP contribution in [-0.2, 0) is 25.2 Å². The third-order valence-corrected chi connectivity index (χ3v) is 6.99. The van der Waals surface area contributed by atoms with Gasteiger partial charge in [-0.25, -0.2) is 4.98 Å². The lowest BCUT2D eigenvalue weighted by molar-refractivity contribution is -0.150. The maximum Gasteiger partial charge on any atom is 0.433 e. The average molecular weight is 499 g/mol. The minimum absolute atomic E-state index is 0.0999. The summed E-state index contributed by atoms with van der Waals surface area (Å²) in [5.74, 6) is -0.158. The summed E-state index contributed by atoms with van der Waals surface area (Å²) in [4.78, 5) is 17.0. The summed E-state index contributed by atoms with van der Waals surface area (Å²) in [7, 11) is 1.49. The van der Waals surface area contributed by atoms with E-state index in [1.807, 2.05) is 18.2 Å². The average Bonchev–Trinajstić information content (AvgIpc) is 2.82. The van der Waals surface area contributed by atoms with Crippen LogP contribution in [0, 0.1) is 0 Å². The zero-order chi connectivity index (χ0) is 25.4. The molecule has 1 amide bonds. The van der Waals surface area contributed by atoms with E-state index in [2.05, 4.69) is 10.3 Å². The summed E-state index contributed by atoms with van der Waals surface area (Å²) in [5, 5.41) is 3.03. The second kappa shape index (κ2) is 9.70. The van der Waals surface area contributed by atoms with Crippen molar-refractivity contribution in [3.05, 3.63) is 58.4 Å². The van der Waals surface area contributed by atoms with Gasteiger partial charge in [0.1, 0.15) is 11.4 Å². The van der Waals surface area contributed by atoms with Gasteiger partial charge in [-0.1, -0.05) is 6.07 Å². The zero-order valence-corrected chi connectivity index (χ0v) is 19.3. The number of amides is 1. The van der Waals surface area contributed by atoms with E-state index in [9.17, 15) is 31.1 Å². The summed E-state index contributed by atoms with van der Waals surface area (Å²) in [6.07, 6.45) is -3.51. The van der Waals surface area contributed by atoms with E-state index in [1.165, 1.54) is 23.1 Å². The first kappa shape index (κ1) is 25.3. The van der Waals surface area contributed by atoms with Crippen molar-refractivity contribution in [2.75, 3.05) is 11.9 Å². The van der Waals surface area contributed by atoms with Gasteiger partial charge in [0.25, 0.3) is 5.91 Å². The molecule has 1 aromatic heterocycles. The molecule has 2 aromatic rings. The number of alkyl halides is 6. The van der Waals surface area contributed by atoms with Gasteiger partial charge >= 0.3 is 12.4 Å². The van der Waals surface area contributed by atoms with Crippen molar-refractivity contribution < 1.29 is 31.1 Å². The highest BCUT2D eigenvalue weighted by molar-refractivity contribution is 5.94. The van der Waals surface area contributed by atoms with Crippen molar-refractivity contribution in [2.45, 2.75) is 75.8 Å². The molecule has 0 unspecified atom stereocenters. The monoisotopic (exact) mass is 499 g/mol. The minimum atomic E-state index is -4.99. The number of hydrogen-bond acceptors (Lipinski definition) is 3. The van der Waals surface area contributed by atoms with Crippen LogP contribution in [0.15, 0.2) is 30.3 Å². The molecular weight excluding hydrogens is 472 g/mol. The minimum Gasteiger partial charge on any atom is -0.371 e. The Kier molecular flexibility index (Phi) is 7.02. The highest BCUT2D eigenvalue weighted by atomic mass is 19.4. The normalized spacial score (nSPS) is 20.8. The number of hydrogen-bond donors (Lipinski definition) is 1. The Morgan fingerprint density at radius 1 is 0.886 bits per heavy atom. The first-order valence-corrected chi connectivity index (χ1v) is 11.7. The molecule has 35 heavy (non-hydrogen) atoms. The Morgan fingerprint density at radius 3 is 2.03 bits per heavy atom. The molecule has 0 bridgehead atoms. The maximum atomic E-state index is 13.2. The van der Waals surface area contributed by atoms with Crippen LogP contribution in [0.5, 0.6) is 0 Å². The lowest BCUT2D eigenvalue weighted by Gasteiger charge is -2.36. The lowest BCUT2D eigenvalue weighted by atomic mass is 9.89. The van der Waals surface area contributed by atoms with Crippen LogP contribution >= 0.6 is 0 Å². The smallest absolute Gasteiger partial charge is 0.371 e. The number of fused-ring (bicyclic) bond motifs is 1. The van der Waals surface area contributed by atoms with Crippen LogP contribution < -0.4 is 10.2 Å². The zero-order valence-electron chi connectivity index (χ0n) is 19.3. The van der Waals surface area contributed by atoms with Crippen molar-refractivity contribution in [3.63, 3.8) is 0 Å². The number of benzene rings is 1. The van der Waals surface area contributed by atoms with Gasteiger partial charge in [0.2, 0.25) is 0 Å². The molecule has 4 rings (SSSR count). The third-order valence-electron chi connectivity index (χ3n) is 6.99. The Labute approximate surface area is 199 Å². The molecule has 0 spiro atoms. The van der Waals surface area contributed by atoms with Gasteiger partial charge in [-0.05, 0) is 86.8 Å². The quantitative estimate of drug-likeness (QED) is 0.512. The number of nitrogens with one attached hydrogen (secondary N) is 1. The summed E-state index contributed by atoms with van der Waals surface area (Å²) in [5.41, 5.74) is -0.208. The van der Waals surface area contributed by atoms with E-state index in [0.717, 1.165) is 25.7 Å². The predicted octanol–water partition coefficient (Wildman–Crippen LogP) is 6.18. The maximum absolute atomic E-state index is 13.2. The van der Waals surface area contributed by atoms with Crippen LogP contribution in [-0.4, -0.2) is 30.0 Å². The molecule has 1 N–H and O–H groups in total. The van der Waals surface area contributed by atoms with Crippen LogP contribution in [0.3, 0.4) is 0 Å². The molecular formula is C25H27F6N3O. The second-order valence-electron chi connectivity index (χ2n) is 9.37. The van der Waals surface area contributed by atoms with Gasteiger partial charge in [-0.15, -0.1) is 0 Å². The van der Waals surface area contributed by atoms with Crippen molar-refractivity contribution in [1.82, 2.24) is 10.3 Å². The Hall–Kier alpha value is -2.78. The second-order valence-corrected chi connectivity index (χ2v) is 9.37. The fraction of sp³-hybridized carbons (Fsp3) is 0.520. The molecule has 0 aliphatic heterocycles. The molecule has 0 radical (unpaired) electrons. The van der Waals surface area contributed by atoms with E-state index < -0.39 is 23.7 Å². The van der Waals surface area contributed by atoms with E-state index >= 15 is 0 Å². The fourth-order valence-electron chi connectivity index (χ4n) is 4.97. The van der Waals surface area contributed by atoms with E-state index in [1.54, 1.807) is 0 Å². The molecule has 1 heterocycles. The van der Waals surface area contributed by atoms with Gasteiger partial charge < -0.3 is 10.2 Å².